The largest absolute Gasteiger partial charge is 0.496 e. The second-order valence-electron chi connectivity index (χ2n) is 16.0. The molecule has 3 aliphatic rings. The van der Waals surface area contributed by atoms with Crippen LogP contribution in [0.4, 0.5) is 5.69 Å². The van der Waals surface area contributed by atoms with Crippen LogP contribution in [0.3, 0.4) is 0 Å². The minimum absolute atomic E-state index is 0.102. The van der Waals surface area contributed by atoms with Crippen molar-refractivity contribution in [1.29, 1.82) is 0 Å². The van der Waals surface area contributed by atoms with E-state index >= 15 is 0 Å². The number of carbonyl (C=O) groups is 2. The van der Waals surface area contributed by atoms with Crippen molar-refractivity contribution in [2.45, 2.75) is 110 Å². The normalized spacial score (nSPS) is 26.5. The molecule has 10 heteroatoms. The van der Waals surface area contributed by atoms with Crippen molar-refractivity contribution in [2.24, 2.45) is 23.0 Å². The van der Waals surface area contributed by atoms with Crippen molar-refractivity contribution in [3.05, 3.63) is 59.2 Å². The fourth-order valence-corrected chi connectivity index (χ4v) is 8.28. The van der Waals surface area contributed by atoms with Crippen molar-refractivity contribution in [1.82, 2.24) is 0 Å². The quantitative estimate of drug-likeness (QED) is 0.192. The van der Waals surface area contributed by atoms with Crippen molar-refractivity contribution in [3.8, 4) is 5.75 Å². The third-order valence-electron chi connectivity index (χ3n) is 11.4. The number of para-hydroxylation sites is 1. The van der Waals surface area contributed by atoms with Gasteiger partial charge in [-0.15, -0.1) is 0 Å². The molecule has 0 radical (unpaired) electrons. The molecule has 2 saturated heterocycles. The van der Waals surface area contributed by atoms with Crippen LogP contribution in [0.15, 0.2) is 42.5 Å². The summed E-state index contributed by atoms with van der Waals surface area (Å²) in [6.45, 7) is 19.7. The minimum Gasteiger partial charge on any atom is -0.496 e. The van der Waals surface area contributed by atoms with Gasteiger partial charge in [-0.2, -0.15) is 0 Å². The molecular weight excluding hydrogens is 619 g/mol. The lowest BCUT2D eigenvalue weighted by molar-refractivity contribution is -0.144. The first-order valence-corrected chi connectivity index (χ1v) is 18.0. The maximum absolute atomic E-state index is 14.0. The number of ether oxygens (including phenoxy) is 3. The predicted molar refractivity (Wildman–Crippen MR) is 193 cm³/mol. The highest BCUT2D eigenvalue weighted by Crippen LogP contribution is 2.60. The molecule has 2 aliphatic heterocycles. The van der Waals surface area contributed by atoms with Gasteiger partial charge in [0.25, 0.3) is 0 Å². The number of benzene rings is 2. The zero-order valence-electron chi connectivity index (χ0n) is 31.0. The van der Waals surface area contributed by atoms with Crippen LogP contribution >= 0.6 is 0 Å². The monoisotopic (exact) mass is 676 g/mol. The lowest BCUT2D eigenvalue weighted by Gasteiger charge is -2.59. The number of anilines is 1. The predicted octanol–water partition coefficient (Wildman–Crippen LogP) is 6.81. The van der Waals surface area contributed by atoms with E-state index in [1.54, 1.807) is 13.2 Å². The fourth-order valence-electron chi connectivity index (χ4n) is 8.28. The molecule has 1 aliphatic carbocycles. The van der Waals surface area contributed by atoms with E-state index in [1.807, 2.05) is 57.2 Å². The Morgan fingerprint density at radius 3 is 2.35 bits per heavy atom. The van der Waals surface area contributed by atoms with Gasteiger partial charge in [0.1, 0.15) is 16.9 Å². The number of nitrogens with two attached hydrogens (primary N) is 1. The zero-order valence-corrected chi connectivity index (χ0v) is 31.0. The van der Waals surface area contributed by atoms with Gasteiger partial charge < -0.3 is 34.2 Å². The Kier molecular flexibility index (Phi) is 11.2. The Balaban J connectivity index is 1.41. The van der Waals surface area contributed by atoms with Crippen LogP contribution in [0.2, 0.25) is 5.82 Å². The lowest BCUT2D eigenvalue weighted by atomic mass is 9.49. The Bertz CT molecular complexity index is 1470. The molecule has 0 spiro atoms. The van der Waals surface area contributed by atoms with Gasteiger partial charge in [0.2, 0.25) is 0 Å². The molecule has 2 aromatic carbocycles. The summed E-state index contributed by atoms with van der Waals surface area (Å²) in [6.07, 6.45) is 2.56. The molecule has 5 rings (SSSR count). The SMILES string of the molecule is CC[C@H]1C[C@H]([C@]2(C)OB([C@@H](CC(=O)C(N)c3ccc(N4CCOCC4)cc3)Cc3cccc(C(=O)OC(C)(C)C)c3OC)OC2C)C1(C)C. The van der Waals surface area contributed by atoms with E-state index < -0.39 is 30.3 Å². The lowest BCUT2D eigenvalue weighted by Crippen LogP contribution is -2.59. The van der Waals surface area contributed by atoms with Crippen LogP contribution in [-0.2, 0) is 30.0 Å². The molecule has 268 valence electrons. The number of rotatable bonds is 12. The van der Waals surface area contributed by atoms with Crippen LogP contribution in [0, 0.1) is 17.3 Å². The first-order valence-electron chi connectivity index (χ1n) is 18.0. The third-order valence-corrected chi connectivity index (χ3v) is 11.4. The number of esters is 1. The average molecular weight is 677 g/mol. The van der Waals surface area contributed by atoms with E-state index in [0.29, 0.717) is 42.8 Å². The molecule has 0 amide bonds. The summed E-state index contributed by atoms with van der Waals surface area (Å²) in [5, 5.41) is 0. The van der Waals surface area contributed by atoms with Crippen molar-refractivity contribution < 1.29 is 33.1 Å². The number of nitrogens with zero attached hydrogens (tertiary/aromatic N) is 1. The van der Waals surface area contributed by atoms with Crippen LogP contribution in [0.25, 0.3) is 0 Å². The smallest absolute Gasteiger partial charge is 0.461 e. The highest BCUT2D eigenvalue weighted by molar-refractivity contribution is 6.48. The molecule has 2 unspecified atom stereocenters. The number of ketones is 1. The third kappa shape index (κ3) is 7.88. The average Bonchev–Trinajstić information content (AvgIpc) is 3.36. The highest BCUT2D eigenvalue weighted by atomic mass is 16.7. The van der Waals surface area contributed by atoms with Crippen LogP contribution in [-0.4, -0.2) is 69.6 Å². The van der Waals surface area contributed by atoms with Gasteiger partial charge in [0.15, 0.2) is 5.78 Å². The first-order chi connectivity index (χ1) is 23.1. The van der Waals surface area contributed by atoms with Gasteiger partial charge in [0, 0.05) is 31.0 Å². The molecule has 6 atom stereocenters. The van der Waals surface area contributed by atoms with Gasteiger partial charge >= 0.3 is 13.1 Å². The molecule has 2 aromatic rings. The van der Waals surface area contributed by atoms with Crippen LogP contribution < -0.4 is 15.4 Å². The Labute approximate surface area is 293 Å². The van der Waals surface area contributed by atoms with Gasteiger partial charge in [-0.05, 0) is 94.0 Å². The Morgan fingerprint density at radius 1 is 1.08 bits per heavy atom. The van der Waals surface area contributed by atoms with E-state index in [4.69, 9.17) is 29.3 Å². The summed E-state index contributed by atoms with van der Waals surface area (Å²) in [5.41, 5.74) is 8.56. The fraction of sp³-hybridized carbons (Fsp3) is 0.641. The maximum atomic E-state index is 14.0. The minimum atomic E-state index is -0.808. The van der Waals surface area contributed by atoms with Gasteiger partial charge in [0.05, 0.1) is 38.1 Å². The van der Waals surface area contributed by atoms with E-state index in [9.17, 15) is 9.59 Å². The summed E-state index contributed by atoms with van der Waals surface area (Å²) in [4.78, 5) is 29.5. The number of hydrogen-bond acceptors (Lipinski definition) is 9. The van der Waals surface area contributed by atoms with Gasteiger partial charge in [-0.25, -0.2) is 4.79 Å². The number of hydrogen-bond donors (Lipinski definition) is 1. The van der Waals surface area contributed by atoms with E-state index in [-0.39, 0.29) is 29.5 Å². The number of Topliss-reactive ketones (excluding diaryl/α,β-unsaturated/α-hetero) is 1. The molecule has 9 nitrogen and oxygen atoms in total. The van der Waals surface area contributed by atoms with Gasteiger partial charge in [-0.3, -0.25) is 4.79 Å². The Morgan fingerprint density at radius 2 is 1.76 bits per heavy atom. The zero-order chi connectivity index (χ0) is 35.7. The highest BCUT2D eigenvalue weighted by Gasteiger charge is 2.62. The first kappa shape index (κ1) is 37.3. The van der Waals surface area contributed by atoms with E-state index in [2.05, 4.69) is 39.5 Å². The Hall–Kier alpha value is -2.92. The molecule has 2 N–H and O–H groups in total. The summed E-state index contributed by atoms with van der Waals surface area (Å²) < 4.78 is 30.6. The second-order valence-corrected chi connectivity index (χ2v) is 16.0. The van der Waals surface area contributed by atoms with Gasteiger partial charge in [-0.1, -0.05) is 51.5 Å². The number of methoxy groups -OCH3 is 1. The molecule has 2 heterocycles. The standard InChI is InChI=1S/C39H57BN2O7/c1-10-28-23-33(38(28,6)7)39(8)25(2)48-40(49-39)29(22-27-12-11-13-31(35(27)45-9)36(44)47-37(3,4)5)24-32(43)34(41)26-14-16-30(17-15-26)42-18-20-46-21-19-42/h11-17,25,28-29,33-34H,10,18-24,41H2,1-9H3/t25?,28-,29+,33-,34?,39+/m0/s1. The van der Waals surface area contributed by atoms with Crippen molar-refractivity contribution in [2.75, 3.05) is 38.3 Å². The molecule has 0 bridgehead atoms. The summed E-state index contributed by atoms with van der Waals surface area (Å²) >= 11 is 0. The second kappa shape index (κ2) is 14.7. The van der Waals surface area contributed by atoms with E-state index in [0.717, 1.165) is 42.7 Å². The summed E-state index contributed by atoms with van der Waals surface area (Å²) in [6, 6.07) is 12.6. The number of carbonyl (C=O) groups excluding carboxylic acids is 2. The van der Waals surface area contributed by atoms with Crippen molar-refractivity contribution in [3.63, 3.8) is 0 Å². The molecule has 49 heavy (non-hydrogen) atoms. The molecule has 1 saturated carbocycles. The molecular formula is C39H57BN2O7. The van der Waals surface area contributed by atoms with E-state index in [1.165, 1.54) is 0 Å². The molecule has 3 fully saturated rings. The maximum Gasteiger partial charge on any atom is 0.461 e. The summed E-state index contributed by atoms with van der Waals surface area (Å²) in [7, 11) is 0.902. The molecule has 0 aromatic heterocycles. The van der Waals surface area contributed by atoms with Crippen LogP contribution in [0.5, 0.6) is 5.75 Å². The van der Waals surface area contributed by atoms with Crippen molar-refractivity contribution >= 4 is 24.6 Å². The number of morpholine rings is 1. The summed E-state index contributed by atoms with van der Waals surface area (Å²) in [5.74, 6) is 0.427. The topological polar surface area (TPSA) is 110 Å². The van der Waals surface area contributed by atoms with Crippen LogP contribution in [0.1, 0.15) is 102 Å².